The molecule has 1 aliphatic heterocycles. The van der Waals surface area contributed by atoms with Crippen molar-refractivity contribution in [1.29, 1.82) is 0 Å². The van der Waals surface area contributed by atoms with Crippen LogP contribution >= 0.6 is 0 Å². The Hall–Kier alpha value is -2.63. The Balaban J connectivity index is 1.60. The SMILES string of the molecule is CC(C)(C)NC(=O)c1ccc(N2CCN(c3ccccn3)CC2)cn1. The second kappa shape index (κ2) is 7.09. The molecule has 0 unspecified atom stereocenters. The molecule has 0 radical (unpaired) electrons. The predicted octanol–water partition coefficient (Wildman–Crippen LogP) is 2.33. The number of nitrogens with zero attached hydrogens (tertiary/aromatic N) is 4. The molecule has 25 heavy (non-hydrogen) atoms. The van der Waals surface area contributed by atoms with E-state index in [-0.39, 0.29) is 11.4 Å². The van der Waals surface area contributed by atoms with Crippen LogP contribution in [0.4, 0.5) is 11.5 Å². The maximum absolute atomic E-state index is 12.1. The van der Waals surface area contributed by atoms with Gasteiger partial charge in [-0.3, -0.25) is 4.79 Å². The number of rotatable bonds is 3. The largest absolute Gasteiger partial charge is 0.367 e. The lowest BCUT2D eigenvalue weighted by atomic mass is 10.1. The Bertz CT molecular complexity index is 701. The third-order valence-electron chi connectivity index (χ3n) is 4.09. The molecule has 132 valence electrons. The number of carbonyl (C=O) groups excluding carboxylic acids is 1. The smallest absolute Gasteiger partial charge is 0.270 e. The molecular weight excluding hydrogens is 314 g/mol. The highest BCUT2D eigenvalue weighted by Gasteiger charge is 2.20. The van der Waals surface area contributed by atoms with Crippen molar-refractivity contribution in [3.8, 4) is 0 Å². The van der Waals surface area contributed by atoms with Crippen LogP contribution in [0.2, 0.25) is 0 Å². The summed E-state index contributed by atoms with van der Waals surface area (Å²) < 4.78 is 0. The molecule has 1 fully saturated rings. The van der Waals surface area contributed by atoms with E-state index < -0.39 is 0 Å². The van der Waals surface area contributed by atoms with E-state index in [4.69, 9.17) is 0 Å². The van der Waals surface area contributed by atoms with Gasteiger partial charge < -0.3 is 15.1 Å². The summed E-state index contributed by atoms with van der Waals surface area (Å²) in [5.74, 6) is 0.883. The molecule has 1 saturated heterocycles. The van der Waals surface area contributed by atoms with Crippen molar-refractivity contribution in [1.82, 2.24) is 15.3 Å². The maximum atomic E-state index is 12.1. The van der Waals surface area contributed by atoms with E-state index in [9.17, 15) is 4.79 Å². The minimum Gasteiger partial charge on any atom is -0.367 e. The van der Waals surface area contributed by atoms with Crippen LogP contribution in [0.25, 0.3) is 0 Å². The molecule has 3 heterocycles. The first-order valence-electron chi connectivity index (χ1n) is 8.62. The number of anilines is 2. The van der Waals surface area contributed by atoms with Gasteiger partial charge in [0.2, 0.25) is 0 Å². The van der Waals surface area contributed by atoms with Gasteiger partial charge in [0.1, 0.15) is 11.5 Å². The number of hydrogen-bond donors (Lipinski definition) is 1. The van der Waals surface area contributed by atoms with E-state index in [0.29, 0.717) is 5.69 Å². The molecule has 0 saturated carbocycles. The lowest BCUT2D eigenvalue weighted by Gasteiger charge is -2.36. The molecule has 1 aliphatic rings. The third kappa shape index (κ3) is 4.47. The average Bonchev–Trinajstić information content (AvgIpc) is 2.61. The summed E-state index contributed by atoms with van der Waals surface area (Å²) in [4.78, 5) is 25.5. The molecule has 0 aliphatic carbocycles. The number of carbonyl (C=O) groups is 1. The third-order valence-corrected chi connectivity index (χ3v) is 4.09. The van der Waals surface area contributed by atoms with Crippen LogP contribution < -0.4 is 15.1 Å². The highest BCUT2D eigenvalue weighted by molar-refractivity contribution is 5.92. The first-order valence-corrected chi connectivity index (χ1v) is 8.62. The zero-order valence-electron chi connectivity index (χ0n) is 15.1. The van der Waals surface area contributed by atoms with E-state index in [2.05, 4.69) is 25.1 Å². The van der Waals surface area contributed by atoms with Crippen molar-refractivity contribution in [3.05, 3.63) is 48.4 Å². The van der Waals surface area contributed by atoms with E-state index in [1.807, 2.05) is 51.2 Å². The summed E-state index contributed by atoms with van der Waals surface area (Å²) in [7, 11) is 0. The molecular formula is C19H25N5O. The van der Waals surface area contributed by atoms with Crippen LogP contribution in [0, 0.1) is 0 Å². The Labute approximate surface area is 148 Å². The van der Waals surface area contributed by atoms with Gasteiger partial charge in [0.05, 0.1) is 11.9 Å². The van der Waals surface area contributed by atoms with Gasteiger partial charge >= 0.3 is 0 Å². The highest BCUT2D eigenvalue weighted by atomic mass is 16.2. The lowest BCUT2D eigenvalue weighted by Crippen LogP contribution is -2.46. The fourth-order valence-corrected chi connectivity index (χ4v) is 2.85. The van der Waals surface area contributed by atoms with Crippen LogP contribution in [0.15, 0.2) is 42.7 Å². The number of aromatic nitrogens is 2. The Morgan fingerprint density at radius 1 is 1.00 bits per heavy atom. The van der Waals surface area contributed by atoms with Crippen molar-refractivity contribution in [3.63, 3.8) is 0 Å². The van der Waals surface area contributed by atoms with Gasteiger partial charge in [0.15, 0.2) is 0 Å². The lowest BCUT2D eigenvalue weighted by molar-refractivity contribution is 0.0914. The summed E-state index contributed by atoms with van der Waals surface area (Å²) >= 11 is 0. The van der Waals surface area contributed by atoms with Crippen LogP contribution in [0.3, 0.4) is 0 Å². The van der Waals surface area contributed by atoms with Crippen LogP contribution in [0.5, 0.6) is 0 Å². The van der Waals surface area contributed by atoms with Crippen molar-refractivity contribution in [2.75, 3.05) is 36.0 Å². The van der Waals surface area contributed by atoms with E-state index in [1.165, 1.54) is 0 Å². The monoisotopic (exact) mass is 339 g/mol. The first kappa shape index (κ1) is 17.2. The topological polar surface area (TPSA) is 61.4 Å². The quantitative estimate of drug-likeness (QED) is 0.930. The van der Waals surface area contributed by atoms with Gasteiger partial charge in [0, 0.05) is 37.9 Å². The normalized spacial score (nSPS) is 15.2. The zero-order valence-corrected chi connectivity index (χ0v) is 15.1. The Morgan fingerprint density at radius 2 is 1.72 bits per heavy atom. The summed E-state index contributed by atoms with van der Waals surface area (Å²) in [6, 6.07) is 9.76. The molecule has 6 nitrogen and oxygen atoms in total. The minimum atomic E-state index is -0.265. The van der Waals surface area contributed by atoms with Gasteiger partial charge in [-0.25, -0.2) is 9.97 Å². The van der Waals surface area contributed by atoms with Crippen LogP contribution in [0.1, 0.15) is 31.3 Å². The second-order valence-corrected chi connectivity index (χ2v) is 7.27. The van der Waals surface area contributed by atoms with Crippen molar-refractivity contribution < 1.29 is 4.79 Å². The number of amides is 1. The predicted molar refractivity (Wildman–Crippen MR) is 100 cm³/mol. The number of piperazine rings is 1. The van der Waals surface area contributed by atoms with Crippen LogP contribution in [-0.2, 0) is 0 Å². The summed E-state index contributed by atoms with van der Waals surface area (Å²) in [5.41, 5.74) is 1.23. The molecule has 2 aromatic rings. The van der Waals surface area contributed by atoms with Crippen molar-refractivity contribution >= 4 is 17.4 Å². The molecule has 3 rings (SSSR count). The second-order valence-electron chi connectivity index (χ2n) is 7.27. The van der Waals surface area contributed by atoms with Gasteiger partial charge in [-0.1, -0.05) is 6.07 Å². The molecule has 0 spiro atoms. The van der Waals surface area contributed by atoms with E-state index in [1.54, 1.807) is 12.3 Å². The fourth-order valence-electron chi connectivity index (χ4n) is 2.85. The van der Waals surface area contributed by atoms with E-state index >= 15 is 0 Å². The molecule has 1 amide bonds. The molecule has 6 heteroatoms. The highest BCUT2D eigenvalue weighted by Crippen LogP contribution is 2.18. The number of nitrogens with one attached hydrogen (secondary N) is 1. The summed E-state index contributed by atoms with van der Waals surface area (Å²) in [6.45, 7) is 9.53. The molecule has 2 aromatic heterocycles. The number of hydrogen-bond acceptors (Lipinski definition) is 5. The Kier molecular flexibility index (Phi) is 4.88. The Morgan fingerprint density at radius 3 is 2.28 bits per heavy atom. The maximum Gasteiger partial charge on any atom is 0.270 e. The minimum absolute atomic E-state index is 0.140. The summed E-state index contributed by atoms with van der Waals surface area (Å²) in [6.07, 6.45) is 3.61. The van der Waals surface area contributed by atoms with Crippen molar-refractivity contribution in [2.24, 2.45) is 0 Å². The fraction of sp³-hybridized carbons (Fsp3) is 0.421. The molecule has 0 aromatic carbocycles. The number of pyridine rings is 2. The summed E-state index contributed by atoms with van der Waals surface area (Å²) in [5, 5.41) is 2.93. The standard InChI is InChI=1S/C19H25N5O/c1-19(2,3)22-18(25)16-8-7-15(14-21-16)23-10-12-24(13-11-23)17-6-4-5-9-20-17/h4-9,14H,10-13H2,1-3H3,(H,22,25). The van der Waals surface area contributed by atoms with Crippen LogP contribution in [-0.4, -0.2) is 47.6 Å². The molecule has 0 bridgehead atoms. The van der Waals surface area contributed by atoms with Gasteiger partial charge in [0.25, 0.3) is 5.91 Å². The molecule has 0 atom stereocenters. The van der Waals surface area contributed by atoms with E-state index in [0.717, 1.165) is 37.7 Å². The zero-order chi connectivity index (χ0) is 17.9. The van der Waals surface area contributed by atoms with Gasteiger partial charge in [-0.2, -0.15) is 0 Å². The average molecular weight is 339 g/mol. The van der Waals surface area contributed by atoms with Crippen molar-refractivity contribution in [2.45, 2.75) is 26.3 Å². The molecule has 1 N–H and O–H groups in total. The van der Waals surface area contributed by atoms with Gasteiger partial charge in [-0.05, 0) is 45.0 Å². The first-order chi connectivity index (χ1) is 11.9. The van der Waals surface area contributed by atoms with Gasteiger partial charge in [-0.15, -0.1) is 0 Å².